The number of nitrogens with zero attached hydrogens (tertiary/aromatic N) is 2. The smallest absolute Gasteiger partial charge is 0.431 e. The Labute approximate surface area is 203 Å². The van der Waals surface area contributed by atoms with Crippen molar-refractivity contribution in [2.75, 3.05) is 19.0 Å². The predicted molar refractivity (Wildman–Crippen MR) is 130 cm³/mol. The molecule has 1 unspecified atom stereocenters. The number of anilines is 1. The van der Waals surface area contributed by atoms with E-state index in [2.05, 4.69) is 10.4 Å². The van der Waals surface area contributed by atoms with Gasteiger partial charge in [-0.05, 0) is 61.4 Å². The van der Waals surface area contributed by atoms with E-state index in [0.717, 1.165) is 11.1 Å². The van der Waals surface area contributed by atoms with Crippen LogP contribution in [0.25, 0.3) is 0 Å². The summed E-state index contributed by atoms with van der Waals surface area (Å²) < 4.78 is 21.9. The zero-order valence-corrected chi connectivity index (χ0v) is 19.8. The van der Waals surface area contributed by atoms with Crippen molar-refractivity contribution in [3.8, 4) is 11.5 Å². The Morgan fingerprint density at radius 3 is 2.57 bits per heavy atom. The summed E-state index contributed by atoms with van der Waals surface area (Å²) in [6.45, 7) is 4.53. The number of benzene rings is 2. The minimum absolute atomic E-state index is 0.208. The SMILES string of the molecule is CCOc1cc(C2=NN(Cc3ccc(NC(=O)c4ccco4)cc3)C(=O)OC2CC)ccc1OC. The molecule has 0 fully saturated rings. The number of amides is 2. The van der Waals surface area contributed by atoms with Gasteiger partial charge in [0.2, 0.25) is 0 Å². The topological polar surface area (TPSA) is 103 Å². The van der Waals surface area contributed by atoms with Gasteiger partial charge in [0.25, 0.3) is 5.91 Å². The Kier molecular flexibility index (Phi) is 7.35. The first-order valence-electron chi connectivity index (χ1n) is 11.3. The molecule has 1 N–H and O–H groups in total. The summed E-state index contributed by atoms with van der Waals surface area (Å²) in [6, 6.07) is 15.9. The van der Waals surface area contributed by atoms with Gasteiger partial charge < -0.3 is 23.9 Å². The molecule has 0 saturated carbocycles. The summed E-state index contributed by atoms with van der Waals surface area (Å²) in [5.74, 6) is 1.10. The van der Waals surface area contributed by atoms with Crippen molar-refractivity contribution < 1.29 is 28.2 Å². The lowest BCUT2D eigenvalue weighted by Gasteiger charge is -2.29. The normalized spacial score (nSPS) is 15.3. The summed E-state index contributed by atoms with van der Waals surface area (Å²) in [6.07, 6.45) is 1.03. The molecule has 0 spiro atoms. The molecule has 9 heteroatoms. The average molecular weight is 478 g/mol. The zero-order chi connectivity index (χ0) is 24.8. The molecule has 3 aromatic rings. The third kappa shape index (κ3) is 5.46. The molecule has 2 heterocycles. The van der Waals surface area contributed by atoms with Crippen LogP contribution in [-0.2, 0) is 11.3 Å². The molecule has 1 atom stereocenters. The fraction of sp³-hybridized carbons (Fsp3) is 0.269. The Balaban J connectivity index is 1.53. The molecule has 1 aliphatic heterocycles. The highest BCUT2D eigenvalue weighted by Gasteiger charge is 2.31. The van der Waals surface area contributed by atoms with E-state index in [1.54, 1.807) is 31.4 Å². The fourth-order valence-electron chi connectivity index (χ4n) is 3.67. The number of hydrogen-bond donors (Lipinski definition) is 1. The molecular weight excluding hydrogens is 450 g/mol. The number of nitrogens with one attached hydrogen (secondary N) is 1. The van der Waals surface area contributed by atoms with Gasteiger partial charge in [-0.3, -0.25) is 4.79 Å². The van der Waals surface area contributed by atoms with Crippen molar-refractivity contribution >= 4 is 23.4 Å². The summed E-state index contributed by atoms with van der Waals surface area (Å²) >= 11 is 0. The van der Waals surface area contributed by atoms with Crippen LogP contribution in [0.2, 0.25) is 0 Å². The number of cyclic esters (lactones) is 1. The maximum atomic E-state index is 12.6. The van der Waals surface area contributed by atoms with E-state index in [9.17, 15) is 9.59 Å². The van der Waals surface area contributed by atoms with E-state index in [0.29, 0.717) is 35.9 Å². The number of hydrazone groups is 1. The number of hydrogen-bond acceptors (Lipinski definition) is 7. The van der Waals surface area contributed by atoms with Crippen LogP contribution in [0.5, 0.6) is 11.5 Å². The van der Waals surface area contributed by atoms with Crippen LogP contribution < -0.4 is 14.8 Å². The Morgan fingerprint density at radius 1 is 1.11 bits per heavy atom. The number of ether oxygens (including phenoxy) is 3. The van der Waals surface area contributed by atoms with Gasteiger partial charge in [-0.15, -0.1) is 0 Å². The van der Waals surface area contributed by atoms with Gasteiger partial charge in [0.05, 0.1) is 26.5 Å². The zero-order valence-electron chi connectivity index (χ0n) is 19.8. The lowest BCUT2D eigenvalue weighted by molar-refractivity contribution is 0.0712. The third-order valence-electron chi connectivity index (χ3n) is 5.41. The second kappa shape index (κ2) is 10.8. The van der Waals surface area contributed by atoms with E-state index >= 15 is 0 Å². The van der Waals surface area contributed by atoms with E-state index in [-0.39, 0.29) is 18.2 Å². The van der Waals surface area contributed by atoms with Gasteiger partial charge in [0.15, 0.2) is 17.3 Å². The van der Waals surface area contributed by atoms with Crippen molar-refractivity contribution in [3.63, 3.8) is 0 Å². The van der Waals surface area contributed by atoms with Crippen LogP contribution in [0.15, 0.2) is 70.4 Å². The molecule has 2 amide bonds. The largest absolute Gasteiger partial charge is 0.493 e. The molecule has 0 saturated heterocycles. The number of furan rings is 1. The lowest BCUT2D eigenvalue weighted by atomic mass is 10.0. The summed E-state index contributed by atoms with van der Waals surface area (Å²) in [5, 5.41) is 8.70. The minimum atomic E-state index is -0.519. The van der Waals surface area contributed by atoms with E-state index < -0.39 is 12.2 Å². The first-order chi connectivity index (χ1) is 17.0. The summed E-state index contributed by atoms with van der Waals surface area (Å²) in [4.78, 5) is 24.8. The fourth-order valence-corrected chi connectivity index (χ4v) is 3.67. The molecule has 0 bridgehead atoms. The van der Waals surface area contributed by atoms with Crippen molar-refractivity contribution in [2.45, 2.75) is 32.9 Å². The maximum Gasteiger partial charge on any atom is 0.431 e. The second-order valence-electron chi connectivity index (χ2n) is 7.75. The number of carbonyl (C=O) groups is 2. The van der Waals surface area contributed by atoms with Gasteiger partial charge in [-0.2, -0.15) is 10.1 Å². The van der Waals surface area contributed by atoms with E-state index in [4.69, 9.17) is 18.6 Å². The summed E-state index contributed by atoms with van der Waals surface area (Å²) in [5.41, 5.74) is 2.85. The van der Waals surface area contributed by atoms with Crippen LogP contribution in [-0.4, -0.2) is 42.5 Å². The van der Waals surface area contributed by atoms with Gasteiger partial charge >= 0.3 is 6.09 Å². The van der Waals surface area contributed by atoms with Gasteiger partial charge in [-0.1, -0.05) is 19.1 Å². The van der Waals surface area contributed by atoms with Crippen LogP contribution in [0.1, 0.15) is 41.9 Å². The van der Waals surface area contributed by atoms with Crippen molar-refractivity contribution in [1.29, 1.82) is 0 Å². The van der Waals surface area contributed by atoms with Crippen molar-refractivity contribution in [3.05, 3.63) is 77.7 Å². The molecule has 0 radical (unpaired) electrons. The summed E-state index contributed by atoms with van der Waals surface area (Å²) in [7, 11) is 1.59. The first-order valence-corrected chi connectivity index (χ1v) is 11.3. The second-order valence-corrected chi connectivity index (χ2v) is 7.75. The Hall–Kier alpha value is -4.27. The van der Waals surface area contributed by atoms with Gasteiger partial charge in [-0.25, -0.2) is 4.79 Å². The predicted octanol–water partition coefficient (Wildman–Crippen LogP) is 5.07. The van der Waals surface area contributed by atoms with E-state index in [1.807, 2.05) is 44.2 Å². The first kappa shape index (κ1) is 23.9. The average Bonchev–Trinajstić information content (AvgIpc) is 3.42. The molecule has 9 nitrogen and oxygen atoms in total. The Morgan fingerprint density at radius 2 is 1.91 bits per heavy atom. The van der Waals surface area contributed by atoms with Crippen LogP contribution in [0, 0.1) is 0 Å². The molecule has 1 aliphatic rings. The molecule has 2 aromatic carbocycles. The molecule has 1 aromatic heterocycles. The monoisotopic (exact) mass is 477 g/mol. The van der Waals surface area contributed by atoms with Crippen LogP contribution in [0.4, 0.5) is 10.5 Å². The molecule has 0 aliphatic carbocycles. The van der Waals surface area contributed by atoms with Crippen molar-refractivity contribution in [2.24, 2.45) is 5.10 Å². The quantitative estimate of drug-likeness (QED) is 0.461. The van der Waals surface area contributed by atoms with Gasteiger partial charge in [0.1, 0.15) is 11.8 Å². The number of methoxy groups -OCH3 is 1. The van der Waals surface area contributed by atoms with Crippen molar-refractivity contribution in [1.82, 2.24) is 5.01 Å². The van der Waals surface area contributed by atoms with Gasteiger partial charge in [0, 0.05) is 11.3 Å². The highest BCUT2D eigenvalue weighted by Crippen LogP contribution is 2.30. The minimum Gasteiger partial charge on any atom is -0.493 e. The molecular formula is C26H27N3O6. The van der Waals surface area contributed by atoms with E-state index in [1.165, 1.54) is 11.3 Å². The standard InChI is InChI=1S/C26H27N3O6/c1-4-20-24(18-10-13-21(32-3)23(15-18)33-5-2)28-29(26(31)35-20)16-17-8-11-19(12-9-17)27-25(30)22-7-6-14-34-22/h6-15,20H,4-5,16H2,1-3H3,(H,27,30). The molecule has 182 valence electrons. The third-order valence-corrected chi connectivity index (χ3v) is 5.41. The molecule has 35 heavy (non-hydrogen) atoms. The van der Waals surface area contributed by atoms with Crippen LogP contribution >= 0.6 is 0 Å². The highest BCUT2D eigenvalue weighted by atomic mass is 16.6. The highest BCUT2D eigenvalue weighted by molar-refractivity contribution is 6.06. The lowest BCUT2D eigenvalue weighted by Crippen LogP contribution is -2.41. The Bertz CT molecular complexity index is 1200. The maximum absolute atomic E-state index is 12.6. The van der Waals surface area contributed by atoms with Crippen LogP contribution in [0.3, 0.4) is 0 Å². The number of rotatable bonds is 9. The number of carbonyl (C=O) groups excluding carboxylic acids is 2. The molecule has 4 rings (SSSR count).